The third-order valence-corrected chi connectivity index (χ3v) is 6.77. The number of ketones is 1. The molecule has 0 saturated heterocycles. The van der Waals surface area contributed by atoms with Crippen molar-refractivity contribution in [2.45, 2.75) is 28.8 Å². The van der Waals surface area contributed by atoms with Crippen LogP contribution in [0.25, 0.3) is 11.0 Å². The lowest BCUT2D eigenvalue weighted by Crippen LogP contribution is -2.07. The van der Waals surface area contributed by atoms with Crippen LogP contribution >= 0.6 is 0 Å². The minimum atomic E-state index is -4.54. The normalized spacial score (nSPS) is 12.2. The Bertz CT molecular complexity index is 1380. The van der Waals surface area contributed by atoms with Gasteiger partial charge in [0.05, 0.1) is 21.6 Å². The Labute approximate surface area is 181 Å². The molecule has 32 heavy (non-hydrogen) atoms. The number of alkyl halides is 3. The van der Waals surface area contributed by atoms with E-state index in [4.69, 9.17) is 0 Å². The summed E-state index contributed by atoms with van der Waals surface area (Å²) in [6, 6.07) is 11.0. The second kappa shape index (κ2) is 8.19. The van der Waals surface area contributed by atoms with Gasteiger partial charge >= 0.3 is 6.18 Å². The number of nitrogens with one attached hydrogen (secondary N) is 1. The average molecular weight is 459 g/mol. The van der Waals surface area contributed by atoms with Crippen molar-refractivity contribution in [3.05, 3.63) is 83.7 Å². The van der Waals surface area contributed by atoms with E-state index in [0.717, 1.165) is 35.2 Å². The zero-order valence-corrected chi connectivity index (χ0v) is 17.2. The Hall–Kier alpha value is -3.53. The number of benzene rings is 2. The zero-order valence-electron chi connectivity index (χ0n) is 16.4. The molecule has 0 bridgehead atoms. The highest BCUT2D eigenvalue weighted by atomic mass is 32.2. The molecule has 2 heterocycles. The Morgan fingerprint density at radius 3 is 2.19 bits per heavy atom. The maximum absolute atomic E-state index is 12.7. The quantitative estimate of drug-likeness (QED) is 0.425. The molecule has 2 aromatic heterocycles. The van der Waals surface area contributed by atoms with Crippen LogP contribution in [0.4, 0.5) is 13.2 Å². The molecule has 0 aliphatic heterocycles. The number of aromatic amines is 1. The lowest BCUT2D eigenvalue weighted by molar-refractivity contribution is -0.137. The Morgan fingerprint density at radius 1 is 0.938 bits per heavy atom. The van der Waals surface area contributed by atoms with Crippen molar-refractivity contribution in [1.29, 1.82) is 0 Å². The van der Waals surface area contributed by atoms with Gasteiger partial charge in [-0.05, 0) is 54.4 Å². The number of nitrogens with zero attached hydrogens (tertiary/aromatic N) is 2. The van der Waals surface area contributed by atoms with Gasteiger partial charge in [0.15, 0.2) is 11.4 Å². The second-order valence-corrected chi connectivity index (χ2v) is 9.07. The van der Waals surface area contributed by atoms with Crippen LogP contribution in [0.15, 0.2) is 76.8 Å². The molecule has 4 aromatic rings. The second-order valence-electron chi connectivity index (χ2n) is 7.12. The van der Waals surface area contributed by atoms with Gasteiger partial charge in [0.25, 0.3) is 0 Å². The van der Waals surface area contributed by atoms with Crippen LogP contribution in [0.3, 0.4) is 0 Å². The van der Waals surface area contributed by atoms with Crippen molar-refractivity contribution >= 4 is 26.7 Å². The summed E-state index contributed by atoms with van der Waals surface area (Å²) < 4.78 is 63.5. The highest BCUT2D eigenvalue weighted by Crippen LogP contribution is 2.31. The summed E-state index contributed by atoms with van der Waals surface area (Å²) in [4.78, 5) is 16.3. The van der Waals surface area contributed by atoms with Gasteiger partial charge in [-0.15, -0.1) is 0 Å². The number of halogens is 3. The number of pyridine rings is 1. The molecule has 0 saturated carbocycles. The fourth-order valence-corrected chi connectivity index (χ4v) is 4.45. The van der Waals surface area contributed by atoms with Crippen molar-refractivity contribution in [3.8, 4) is 0 Å². The predicted molar refractivity (Wildman–Crippen MR) is 110 cm³/mol. The van der Waals surface area contributed by atoms with E-state index in [9.17, 15) is 26.4 Å². The number of sulfone groups is 1. The van der Waals surface area contributed by atoms with Crippen LogP contribution in [-0.2, 0) is 22.4 Å². The maximum Gasteiger partial charge on any atom is 0.416 e. The summed E-state index contributed by atoms with van der Waals surface area (Å²) in [5.74, 6) is -0.109. The van der Waals surface area contributed by atoms with Gasteiger partial charge in [-0.25, -0.2) is 13.4 Å². The first-order valence-corrected chi connectivity index (χ1v) is 11.0. The molecule has 164 valence electrons. The van der Waals surface area contributed by atoms with Gasteiger partial charge in [0, 0.05) is 23.6 Å². The smallest absolute Gasteiger partial charge is 0.294 e. The first kappa shape index (κ1) is 21.7. The first-order chi connectivity index (χ1) is 15.1. The highest BCUT2D eigenvalue weighted by molar-refractivity contribution is 7.91. The van der Waals surface area contributed by atoms with Gasteiger partial charge in [-0.3, -0.25) is 9.89 Å². The molecular formula is C22H16F3N3O3S. The van der Waals surface area contributed by atoms with Crippen molar-refractivity contribution in [2.24, 2.45) is 0 Å². The number of carbonyl (C=O) groups excluding carboxylic acids is 1. The molecule has 10 heteroatoms. The van der Waals surface area contributed by atoms with Crippen molar-refractivity contribution < 1.29 is 26.4 Å². The van der Waals surface area contributed by atoms with E-state index in [0.29, 0.717) is 17.6 Å². The highest BCUT2D eigenvalue weighted by Gasteiger charge is 2.30. The van der Waals surface area contributed by atoms with Crippen LogP contribution in [0.1, 0.15) is 27.9 Å². The van der Waals surface area contributed by atoms with Gasteiger partial charge < -0.3 is 0 Å². The number of H-pyrrole nitrogens is 1. The SMILES string of the molecule is O=C(CCc1ccc(S(=O)(=O)c2ccc(C(F)(F)F)cc2)cc1)c1cnc2[nH]ncc2c1. The Balaban J connectivity index is 1.44. The molecule has 6 nitrogen and oxygen atoms in total. The number of hydrogen-bond acceptors (Lipinski definition) is 5. The summed E-state index contributed by atoms with van der Waals surface area (Å²) in [7, 11) is -3.96. The van der Waals surface area contributed by atoms with E-state index in [2.05, 4.69) is 15.2 Å². The third-order valence-electron chi connectivity index (χ3n) is 4.98. The Kier molecular flexibility index (Phi) is 5.55. The van der Waals surface area contributed by atoms with E-state index in [-0.39, 0.29) is 22.0 Å². The summed E-state index contributed by atoms with van der Waals surface area (Å²) >= 11 is 0. The number of hydrogen-bond donors (Lipinski definition) is 1. The molecule has 0 fully saturated rings. The molecule has 1 N–H and O–H groups in total. The third kappa shape index (κ3) is 4.40. The lowest BCUT2D eigenvalue weighted by Gasteiger charge is -2.09. The maximum atomic E-state index is 12.7. The molecule has 0 atom stereocenters. The standard InChI is InChI=1S/C22H16F3N3O3S/c23-22(24,25)17-4-8-19(9-5-17)32(30,31)18-6-1-14(2-7-18)3-10-20(29)15-11-16-13-27-28-21(16)26-12-15/h1-2,4-9,11-13H,3,10H2,(H,26,27,28). The number of aryl methyl sites for hydroxylation is 1. The molecule has 0 unspecified atom stereocenters. The van der Waals surface area contributed by atoms with Gasteiger partial charge in [-0.2, -0.15) is 18.3 Å². The van der Waals surface area contributed by atoms with Crippen LogP contribution in [0, 0.1) is 0 Å². The summed E-state index contributed by atoms with van der Waals surface area (Å²) in [5, 5.41) is 7.30. The van der Waals surface area contributed by atoms with Crippen LogP contribution < -0.4 is 0 Å². The summed E-state index contributed by atoms with van der Waals surface area (Å²) in [6.07, 6.45) is -0.891. The Morgan fingerprint density at radius 2 is 1.56 bits per heavy atom. The van der Waals surface area contributed by atoms with Crippen LogP contribution in [-0.4, -0.2) is 29.4 Å². The predicted octanol–water partition coefficient (Wildman–Crippen LogP) is 4.63. The topological polar surface area (TPSA) is 92.8 Å². The zero-order chi connectivity index (χ0) is 22.9. The molecule has 0 radical (unpaired) electrons. The molecule has 4 rings (SSSR count). The van der Waals surface area contributed by atoms with Crippen LogP contribution in [0.5, 0.6) is 0 Å². The minimum absolute atomic E-state index is 0.0399. The number of fused-ring (bicyclic) bond motifs is 1. The molecule has 0 aliphatic carbocycles. The van der Waals surface area contributed by atoms with E-state index >= 15 is 0 Å². The average Bonchev–Trinajstić information content (AvgIpc) is 3.25. The fraction of sp³-hybridized carbons (Fsp3) is 0.136. The van der Waals surface area contributed by atoms with E-state index < -0.39 is 21.6 Å². The molecular weight excluding hydrogens is 443 g/mol. The summed E-state index contributed by atoms with van der Waals surface area (Å²) in [5.41, 5.74) is 0.882. The van der Waals surface area contributed by atoms with Crippen molar-refractivity contribution in [1.82, 2.24) is 15.2 Å². The first-order valence-electron chi connectivity index (χ1n) is 9.48. The molecule has 2 aromatic carbocycles. The number of Topliss-reactive ketones (excluding diaryl/α,β-unsaturated/α-hetero) is 1. The number of aromatic nitrogens is 3. The monoisotopic (exact) mass is 459 g/mol. The van der Waals surface area contributed by atoms with E-state index in [1.54, 1.807) is 24.4 Å². The molecule has 0 aliphatic rings. The summed E-state index contributed by atoms with van der Waals surface area (Å²) in [6.45, 7) is 0. The van der Waals surface area contributed by atoms with Crippen LogP contribution in [0.2, 0.25) is 0 Å². The fourth-order valence-electron chi connectivity index (χ4n) is 3.19. The lowest BCUT2D eigenvalue weighted by atomic mass is 10.0. The molecule has 0 spiro atoms. The van der Waals surface area contributed by atoms with Crippen molar-refractivity contribution in [3.63, 3.8) is 0 Å². The van der Waals surface area contributed by atoms with Gasteiger partial charge in [0.1, 0.15) is 0 Å². The van der Waals surface area contributed by atoms with Crippen molar-refractivity contribution in [2.75, 3.05) is 0 Å². The minimum Gasteiger partial charge on any atom is -0.294 e. The van der Waals surface area contributed by atoms with E-state index in [1.807, 2.05) is 0 Å². The number of carbonyl (C=O) groups is 1. The van der Waals surface area contributed by atoms with E-state index in [1.165, 1.54) is 18.3 Å². The largest absolute Gasteiger partial charge is 0.416 e. The van der Waals surface area contributed by atoms with Gasteiger partial charge in [-0.1, -0.05) is 12.1 Å². The molecule has 0 amide bonds. The number of rotatable bonds is 6. The van der Waals surface area contributed by atoms with Gasteiger partial charge in [0.2, 0.25) is 9.84 Å².